The van der Waals surface area contributed by atoms with Crippen LogP contribution < -0.4 is 5.32 Å². The molecule has 1 aliphatic heterocycles. The Morgan fingerprint density at radius 1 is 1.27 bits per heavy atom. The van der Waals surface area contributed by atoms with E-state index in [-0.39, 0.29) is 12.6 Å². The lowest BCUT2D eigenvalue weighted by Crippen LogP contribution is -2.49. The Morgan fingerprint density at radius 3 is 2.58 bits per heavy atom. The standard InChI is InChI=1S/C19H30N2O4S/c1-14-9-10-17(15(2)12-14)26(23,24)21-11-7-6-8-16(21)13-20-18(22)25-19(3,4)5/h9-10,12,16H,6-8,11,13H2,1-5H3,(H,20,22). The predicted octanol–water partition coefficient (Wildman–Crippen LogP) is 3.37. The van der Waals surface area contributed by atoms with Crippen LogP contribution >= 0.6 is 0 Å². The highest BCUT2D eigenvalue weighted by atomic mass is 32.2. The molecule has 6 nitrogen and oxygen atoms in total. The van der Waals surface area contributed by atoms with Crippen LogP contribution in [0.15, 0.2) is 23.1 Å². The van der Waals surface area contributed by atoms with Crippen molar-refractivity contribution in [3.8, 4) is 0 Å². The van der Waals surface area contributed by atoms with Crippen LogP contribution in [0.3, 0.4) is 0 Å². The van der Waals surface area contributed by atoms with Crippen molar-refractivity contribution < 1.29 is 17.9 Å². The van der Waals surface area contributed by atoms with Crippen LogP contribution in [0.4, 0.5) is 4.79 Å². The largest absolute Gasteiger partial charge is 0.444 e. The van der Waals surface area contributed by atoms with Gasteiger partial charge < -0.3 is 10.1 Å². The van der Waals surface area contributed by atoms with Crippen molar-refractivity contribution in [1.29, 1.82) is 0 Å². The highest BCUT2D eigenvalue weighted by Crippen LogP contribution is 2.27. The van der Waals surface area contributed by atoms with Crippen LogP contribution in [-0.4, -0.2) is 43.5 Å². The second-order valence-electron chi connectivity index (χ2n) is 7.92. The predicted molar refractivity (Wildman–Crippen MR) is 102 cm³/mol. The van der Waals surface area contributed by atoms with E-state index in [1.165, 1.54) is 4.31 Å². The third-order valence-electron chi connectivity index (χ3n) is 4.37. The molecule has 1 atom stereocenters. The minimum atomic E-state index is -3.60. The summed E-state index contributed by atoms with van der Waals surface area (Å²) < 4.78 is 33.2. The normalized spacial score (nSPS) is 19.2. The lowest BCUT2D eigenvalue weighted by molar-refractivity contribution is 0.0512. The number of nitrogens with one attached hydrogen (secondary N) is 1. The molecule has 0 spiro atoms. The van der Waals surface area contributed by atoms with E-state index in [4.69, 9.17) is 4.74 Å². The molecular formula is C19H30N2O4S. The van der Waals surface area contributed by atoms with E-state index in [1.54, 1.807) is 26.8 Å². The molecule has 1 aromatic carbocycles. The molecule has 1 heterocycles. The first-order valence-electron chi connectivity index (χ1n) is 9.06. The molecule has 1 fully saturated rings. The average Bonchev–Trinajstić information content (AvgIpc) is 2.51. The average molecular weight is 383 g/mol. The maximum Gasteiger partial charge on any atom is 0.407 e. The van der Waals surface area contributed by atoms with Crippen LogP contribution in [0.1, 0.15) is 51.2 Å². The van der Waals surface area contributed by atoms with Gasteiger partial charge in [-0.3, -0.25) is 0 Å². The van der Waals surface area contributed by atoms with Gasteiger partial charge in [0.1, 0.15) is 5.60 Å². The number of hydrogen-bond acceptors (Lipinski definition) is 4. The van der Waals surface area contributed by atoms with Crippen molar-refractivity contribution in [3.05, 3.63) is 29.3 Å². The molecule has 26 heavy (non-hydrogen) atoms. The first-order chi connectivity index (χ1) is 12.0. The quantitative estimate of drug-likeness (QED) is 0.866. The third kappa shape index (κ3) is 5.20. The molecule has 1 unspecified atom stereocenters. The zero-order valence-electron chi connectivity index (χ0n) is 16.3. The van der Waals surface area contributed by atoms with Gasteiger partial charge in [0.25, 0.3) is 0 Å². The fraction of sp³-hybridized carbons (Fsp3) is 0.632. The first-order valence-corrected chi connectivity index (χ1v) is 10.5. The Balaban J connectivity index is 2.16. The molecule has 1 amide bonds. The van der Waals surface area contributed by atoms with Gasteiger partial charge in [-0.25, -0.2) is 13.2 Å². The molecule has 1 N–H and O–H groups in total. The molecule has 0 radical (unpaired) electrons. The van der Waals surface area contributed by atoms with Crippen molar-refractivity contribution in [2.75, 3.05) is 13.1 Å². The number of amides is 1. The number of benzene rings is 1. The number of carbonyl (C=O) groups is 1. The molecule has 1 aliphatic rings. The Hall–Kier alpha value is -1.60. The number of carbonyl (C=O) groups excluding carboxylic acids is 1. The lowest BCUT2D eigenvalue weighted by Gasteiger charge is -2.35. The summed E-state index contributed by atoms with van der Waals surface area (Å²) in [6.45, 7) is 9.86. The van der Waals surface area contributed by atoms with Crippen LogP contribution in [0, 0.1) is 13.8 Å². The number of nitrogens with zero attached hydrogens (tertiary/aromatic N) is 1. The summed E-state index contributed by atoms with van der Waals surface area (Å²) in [5, 5.41) is 2.72. The summed E-state index contributed by atoms with van der Waals surface area (Å²) in [5.41, 5.74) is 1.19. The second kappa shape index (κ2) is 7.96. The van der Waals surface area contributed by atoms with E-state index in [1.807, 2.05) is 26.0 Å². The summed E-state index contributed by atoms with van der Waals surface area (Å²) in [4.78, 5) is 12.3. The molecule has 0 aliphatic carbocycles. The van der Waals surface area contributed by atoms with Gasteiger partial charge in [-0.1, -0.05) is 24.1 Å². The Kier molecular flexibility index (Phi) is 6.34. The molecule has 0 bridgehead atoms. The number of alkyl carbamates (subject to hydrolysis) is 1. The van der Waals surface area contributed by atoms with E-state index in [0.29, 0.717) is 11.4 Å². The van der Waals surface area contributed by atoms with Gasteiger partial charge in [-0.05, 0) is 59.1 Å². The number of ether oxygens (including phenoxy) is 1. The topological polar surface area (TPSA) is 75.7 Å². The summed E-state index contributed by atoms with van der Waals surface area (Å²) >= 11 is 0. The van der Waals surface area contributed by atoms with Crippen LogP contribution in [0.2, 0.25) is 0 Å². The highest BCUT2D eigenvalue weighted by molar-refractivity contribution is 7.89. The second-order valence-corrected chi connectivity index (χ2v) is 9.78. The van der Waals surface area contributed by atoms with E-state index in [2.05, 4.69) is 5.32 Å². The van der Waals surface area contributed by atoms with Crippen molar-refractivity contribution >= 4 is 16.1 Å². The zero-order valence-corrected chi connectivity index (χ0v) is 17.1. The van der Waals surface area contributed by atoms with Crippen LogP contribution in [0.25, 0.3) is 0 Å². The van der Waals surface area contributed by atoms with Crippen molar-refractivity contribution in [1.82, 2.24) is 9.62 Å². The van der Waals surface area contributed by atoms with Gasteiger partial charge in [0.2, 0.25) is 10.0 Å². The summed E-state index contributed by atoms with van der Waals surface area (Å²) in [7, 11) is -3.60. The van der Waals surface area contributed by atoms with Gasteiger partial charge in [-0.2, -0.15) is 4.31 Å². The Labute approximate surface area is 157 Å². The number of rotatable bonds is 4. The van der Waals surface area contributed by atoms with Crippen molar-refractivity contribution in [3.63, 3.8) is 0 Å². The first kappa shape index (κ1) is 20.7. The summed E-state index contributed by atoms with van der Waals surface area (Å²) in [5.74, 6) is 0. The number of hydrogen-bond donors (Lipinski definition) is 1. The van der Waals surface area contributed by atoms with Gasteiger partial charge in [-0.15, -0.1) is 0 Å². The van der Waals surface area contributed by atoms with E-state index < -0.39 is 21.7 Å². The minimum absolute atomic E-state index is 0.249. The summed E-state index contributed by atoms with van der Waals surface area (Å²) in [6, 6.07) is 5.11. The fourth-order valence-corrected chi connectivity index (χ4v) is 5.13. The highest BCUT2D eigenvalue weighted by Gasteiger charge is 2.34. The van der Waals surface area contributed by atoms with Gasteiger partial charge in [0.15, 0.2) is 0 Å². The van der Waals surface area contributed by atoms with E-state index in [0.717, 1.165) is 30.4 Å². The monoisotopic (exact) mass is 382 g/mol. The SMILES string of the molecule is Cc1ccc(S(=O)(=O)N2CCCCC2CNC(=O)OC(C)(C)C)c(C)c1. The van der Waals surface area contributed by atoms with E-state index >= 15 is 0 Å². The number of piperidine rings is 1. The maximum atomic E-state index is 13.2. The summed E-state index contributed by atoms with van der Waals surface area (Å²) in [6.07, 6.45) is 1.97. The van der Waals surface area contributed by atoms with Crippen LogP contribution in [-0.2, 0) is 14.8 Å². The Morgan fingerprint density at radius 2 is 1.96 bits per heavy atom. The molecule has 146 valence electrons. The van der Waals surface area contributed by atoms with Gasteiger partial charge >= 0.3 is 6.09 Å². The maximum absolute atomic E-state index is 13.2. The zero-order chi connectivity index (χ0) is 19.5. The van der Waals surface area contributed by atoms with Crippen molar-refractivity contribution in [2.24, 2.45) is 0 Å². The number of aryl methyl sites for hydroxylation is 2. The van der Waals surface area contributed by atoms with Crippen molar-refractivity contribution in [2.45, 2.75) is 70.4 Å². The molecule has 7 heteroatoms. The van der Waals surface area contributed by atoms with Crippen LogP contribution in [0.5, 0.6) is 0 Å². The molecular weight excluding hydrogens is 352 g/mol. The molecule has 0 aromatic heterocycles. The van der Waals surface area contributed by atoms with Gasteiger partial charge in [0.05, 0.1) is 4.90 Å². The fourth-order valence-electron chi connectivity index (χ4n) is 3.22. The third-order valence-corrected chi connectivity index (χ3v) is 6.48. The van der Waals surface area contributed by atoms with E-state index in [9.17, 15) is 13.2 Å². The molecule has 0 saturated carbocycles. The number of sulfonamides is 1. The lowest BCUT2D eigenvalue weighted by atomic mass is 10.1. The van der Waals surface area contributed by atoms with Gasteiger partial charge in [0, 0.05) is 19.1 Å². The molecule has 1 aromatic rings. The molecule has 1 saturated heterocycles. The Bertz CT molecular complexity index is 753. The minimum Gasteiger partial charge on any atom is -0.444 e. The smallest absolute Gasteiger partial charge is 0.407 e. The molecule has 2 rings (SSSR count).